The van der Waals surface area contributed by atoms with E-state index in [1.807, 2.05) is 67.6 Å². The van der Waals surface area contributed by atoms with Gasteiger partial charge in [-0.25, -0.2) is 9.48 Å². The number of nitrogens with zero attached hydrogens (tertiary/aromatic N) is 4. The van der Waals surface area contributed by atoms with Crippen molar-refractivity contribution in [1.29, 1.82) is 5.26 Å². The summed E-state index contributed by atoms with van der Waals surface area (Å²) in [5.41, 5.74) is 3.38. The van der Waals surface area contributed by atoms with Gasteiger partial charge in [0.1, 0.15) is 18.1 Å². The monoisotopic (exact) mass is 508 g/mol. The van der Waals surface area contributed by atoms with Crippen molar-refractivity contribution >= 4 is 23.4 Å². The van der Waals surface area contributed by atoms with Crippen molar-refractivity contribution in [3.63, 3.8) is 0 Å². The van der Waals surface area contributed by atoms with Crippen LogP contribution in [-0.2, 0) is 4.79 Å². The summed E-state index contributed by atoms with van der Waals surface area (Å²) < 4.78 is 6.91. The zero-order valence-electron chi connectivity index (χ0n) is 21.2. The number of hydrogen-bond acceptors (Lipinski definition) is 5. The topological polar surface area (TPSA) is 112 Å². The van der Waals surface area contributed by atoms with Gasteiger partial charge in [-0.15, -0.1) is 0 Å². The standard InChI is InChI=1S/C29H28N6O3/c1-3-17-34(29(37)31-23-11-9-21(19-30)10-12-23)20-28(36)32-27-18-26(22-7-5-4-6-8-22)33-35(27)24-13-15-25(38-2)16-14-24/h4-16,18H,3,17,20H2,1-2H3,(H,31,37)(H,32,36). The lowest BCUT2D eigenvalue weighted by Gasteiger charge is -2.22. The van der Waals surface area contributed by atoms with Crippen molar-refractivity contribution in [3.05, 3.63) is 90.5 Å². The molecule has 1 heterocycles. The number of carbonyl (C=O) groups excluding carboxylic acids is 2. The lowest BCUT2D eigenvalue weighted by atomic mass is 10.1. The molecule has 0 bridgehead atoms. The number of amides is 3. The van der Waals surface area contributed by atoms with Crippen LogP contribution in [-0.4, -0.2) is 46.8 Å². The van der Waals surface area contributed by atoms with Gasteiger partial charge in [-0.3, -0.25) is 4.79 Å². The number of ether oxygens (including phenoxy) is 1. The Labute approximate surface area is 221 Å². The molecule has 1 aromatic heterocycles. The van der Waals surface area contributed by atoms with E-state index < -0.39 is 6.03 Å². The van der Waals surface area contributed by atoms with E-state index in [1.54, 1.807) is 42.1 Å². The van der Waals surface area contributed by atoms with Gasteiger partial charge in [-0.1, -0.05) is 37.3 Å². The van der Waals surface area contributed by atoms with Crippen molar-refractivity contribution < 1.29 is 14.3 Å². The summed E-state index contributed by atoms with van der Waals surface area (Å²) in [5, 5.41) is 19.4. The van der Waals surface area contributed by atoms with Crippen molar-refractivity contribution in [2.45, 2.75) is 13.3 Å². The second-order valence-corrected chi connectivity index (χ2v) is 8.48. The third-order valence-corrected chi connectivity index (χ3v) is 5.74. The Bertz CT molecular complexity index is 1420. The Morgan fingerprint density at radius 3 is 2.34 bits per heavy atom. The van der Waals surface area contributed by atoms with E-state index in [0.717, 1.165) is 11.3 Å². The minimum absolute atomic E-state index is 0.148. The lowest BCUT2D eigenvalue weighted by Crippen LogP contribution is -2.41. The molecule has 0 radical (unpaired) electrons. The SMILES string of the molecule is CCCN(CC(=O)Nc1cc(-c2ccccc2)nn1-c1ccc(OC)cc1)C(=O)Nc1ccc(C#N)cc1. The van der Waals surface area contributed by atoms with Gasteiger partial charge in [0.2, 0.25) is 5.91 Å². The number of hydrogen-bond donors (Lipinski definition) is 2. The van der Waals surface area contributed by atoms with E-state index in [1.165, 1.54) is 4.90 Å². The smallest absolute Gasteiger partial charge is 0.322 e. The highest BCUT2D eigenvalue weighted by molar-refractivity contribution is 5.97. The molecule has 0 spiro atoms. The van der Waals surface area contributed by atoms with Gasteiger partial charge in [0.15, 0.2) is 0 Å². The highest BCUT2D eigenvalue weighted by atomic mass is 16.5. The van der Waals surface area contributed by atoms with Gasteiger partial charge in [0.05, 0.1) is 30.1 Å². The van der Waals surface area contributed by atoms with Crippen LogP contribution in [0, 0.1) is 11.3 Å². The van der Waals surface area contributed by atoms with Crippen LogP contribution in [0.2, 0.25) is 0 Å². The number of methoxy groups -OCH3 is 1. The minimum Gasteiger partial charge on any atom is -0.497 e. The van der Waals surface area contributed by atoms with E-state index in [9.17, 15) is 9.59 Å². The molecule has 2 N–H and O–H groups in total. The van der Waals surface area contributed by atoms with E-state index in [0.29, 0.717) is 41.5 Å². The molecule has 0 fully saturated rings. The molecule has 3 amide bonds. The second kappa shape index (κ2) is 12.2. The first-order valence-electron chi connectivity index (χ1n) is 12.2. The largest absolute Gasteiger partial charge is 0.497 e. The number of benzene rings is 3. The summed E-state index contributed by atoms with van der Waals surface area (Å²) in [6.45, 7) is 2.18. The van der Waals surface area contributed by atoms with Crippen molar-refractivity contribution in [2.24, 2.45) is 0 Å². The normalized spacial score (nSPS) is 10.3. The summed E-state index contributed by atoms with van der Waals surface area (Å²) in [7, 11) is 1.60. The first kappa shape index (κ1) is 26.0. The van der Waals surface area contributed by atoms with Gasteiger partial charge in [0.25, 0.3) is 0 Å². The molecule has 0 atom stereocenters. The Hall–Kier alpha value is -5.10. The van der Waals surface area contributed by atoms with Crippen LogP contribution in [0.1, 0.15) is 18.9 Å². The molecule has 192 valence electrons. The molecule has 0 aliphatic rings. The van der Waals surface area contributed by atoms with Crippen LogP contribution in [0.4, 0.5) is 16.3 Å². The summed E-state index contributed by atoms with van der Waals surface area (Å²) in [6, 6.07) is 27.0. The molecule has 0 aliphatic heterocycles. The Morgan fingerprint density at radius 2 is 1.71 bits per heavy atom. The highest BCUT2D eigenvalue weighted by Gasteiger charge is 2.19. The molecule has 38 heavy (non-hydrogen) atoms. The zero-order chi connectivity index (χ0) is 26.9. The third kappa shape index (κ3) is 6.36. The number of nitriles is 1. The van der Waals surface area contributed by atoms with E-state index in [4.69, 9.17) is 15.1 Å². The fourth-order valence-corrected chi connectivity index (χ4v) is 3.85. The fraction of sp³-hybridized carbons (Fsp3) is 0.172. The Balaban J connectivity index is 1.54. The third-order valence-electron chi connectivity index (χ3n) is 5.74. The van der Waals surface area contributed by atoms with Crippen molar-refractivity contribution in [2.75, 3.05) is 30.8 Å². The summed E-state index contributed by atoms with van der Waals surface area (Å²) in [6.07, 6.45) is 0.677. The van der Waals surface area contributed by atoms with Gasteiger partial charge in [0, 0.05) is 23.9 Å². The van der Waals surface area contributed by atoms with Gasteiger partial charge < -0.3 is 20.3 Å². The molecular formula is C29H28N6O3. The maximum atomic E-state index is 13.1. The maximum Gasteiger partial charge on any atom is 0.322 e. The number of aromatic nitrogens is 2. The highest BCUT2D eigenvalue weighted by Crippen LogP contribution is 2.26. The number of anilines is 2. The molecule has 9 nitrogen and oxygen atoms in total. The molecule has 0 saturated carbocycles. The zero-order valence-corrected chi connectivity index (χ0v) is 21.2. The average molecular weight is 509 g/mol. The molecule has 0 aliphatic carbocycles. The summed E-state index contributed by atoms with van der Waals surface area (Å²) >= 11 is 0. The first-order valence-corrected chi connectivity index (χ1v) is 12.2. The molecule has 9 heteroatoms. The molecule has 0 saturated heterocycles. The Kier molecular flexibility index (Phi) is 8.36. The fourth-order valence-electron chi connectivity index (χ4n) is 3.85. The molecular weight excluding hydrogens is 480 g/mol. The predicted octanol–water partition coefficient (Wildman–Crippen LogP) is 5.30. The van der Waals surface area contributed by atoms with Crippen LogP contribution in [0.3, 0.4) is 0 Å². The van der Waals surface area contributed by atoms with E-state index in [2.05, 4.69) is 10.6 Å². The number of nitrogens with one attached hydrogen (secondary N) is 2. The first-order chi connectivity index (χ1) is 18.5. The lowest BCUT2D eigenvalue weighted by molar-refractivity contribution is -0.116. The van der Waals surface area contributed by atoms with Crippen LogP contribution < -0.4 is 15.4 Å². The Morgan fingerprint density at radius 1 is 1.00 bits per heavy atom. The summed E-state index contributed by atoms with van der Waals surface area (Å²) in [5.74, 6) is 0.823. The van der Waals surface area contributed by atoms with Crippen LogP contribution in [0.15, 0.2) is 84.9 Å². The van der Waals surface area contributed by atoms with Crippen LogP contribution in [0.5, 0.6) is 5.75 Å². The van der Waals surface area contributed by atoms with Crippen LogP contribution >= 0.6 is 0 Å². The number of rotatable bonds is 9. The molecule has 0 unspecified atom stereocenters. The maximum absolute atomic E-state index is 13.1. The van der Waals surface area contributed by atoms with E-state index in [-0.39, 0.29) is 12.5 Å². The summed E-state index contributed by atoms with van der Waals surface area (Å²) in [4.78, 5) is 27.5. The van der Waals surface area contributed by atoms with Crippen molar-refractivity contribution in [3.8, 4) is 28.8 Å². The van der Waals surface area contributed by atoms with E-state index >= 15 is 0 Å². The molecule has 4 aromatic rings. The number of urea groups is 1. The molecule has 4 rings (SSSR count). The average Bonchev–Trinajstić information content (AvgIpc) is 3.37. The van der Waals surface area contributed by atoms with Gasteiger partial charge in [-0.05, 0) is 55.0 Å². The van der Waals surface area contributed by atoms with Crippen LogP contribution in [0.25, 0.3) is 16.9 Å². The van der Waals surface area contributed by atoms with Gasteiger partial charge in [-0.2, -0.15) is 10.4 Å². The second-order valence-electron chi connectivity index (χ2n) is 8.48. The number of carbonyl (C=O) groups is 2. The van der Waals surface area contributed by atoms with Gasteiger partial charge >= 0.3 is 6.03 Å². The minimum atomic E-state index is -0.402. The van der Waals surface area contributed by atoms with Crippen molar-refractivity contribution in [1.82, 2.24) is 14.7 Å². The predicted molar refractivity (Wildman–Crippen MR) is 146 cm³/mol. The quantitative estimate of drug-likeness (QED) is 0.319. The molecule has 3 aromatic carbocycles.